The third-order valence-electron chi connectivity index (χ3n) is 1.94. The Labute approximate surface area is 71.2 Å². The molecule has 1 aromatic carbocycles. The molecule has 12 heavy (non-hydrogen) atoms. The van der Waals surface area contributed by atoms with Gasteiger partial charge in [0.25, 0.3) is 0 Å². The second-order valence-corrected chi connectivity index (χ2v) is 2.66. The van der Waals surface area contributed by atoms with Crippen molar-refractivity contribution in [3.8, 4) is 0 Å². The van der Waals surface area contributed by atoms with Crippen molar-refractivity contribution in [2.75, 3.05) is 12.4 Å². The van der Waals surface area contributed by atoms with Crippen LogP contribution in [0.3, 0.4) is 0 Å². The molecule has 0 saturated heterocycles. The maximum Gasteiger partial charge on any atom is 0.0603 e. The van der Waals surface area contributed by atoms with Crippen molar-refractivity contribution >= 4 is 16.5 Å². The SMILES string of the molecule is CNc1cncc2ccccc12. The summed E-state index contributed by atoms with van der Waals surface area (Å²) < 4.78 is 0. The molecule has 0 aliphatic rings. The average Bonchev–Trinajstić information content (AvgIpc) is 2.17. The van der Waals surface area contributed by atoms with Crippen molar-refractivity contribution in [2.45, 2.75) is 0 Å². The van der Waals surface area contributed by atoms with Gasteiger partial charge in [0.05, 0.1) is 11.9 Å². The molecule has 0 fully saturated rings. The molecule has 2 rings (SSSR count). The van der Waals surface area contributed by atoms with E-state index in [2.05, 4.69) is 22.4 Å². The highest BCUT2D eigenvalue weighted by molar-refractivity contribution is 5.92. The van der Waals surface area contributed by atoms with Crippen LogP contribution in [-0.2, 0) is 0 Å². The predicted octanol–water partition coefficient (Wildman–Crippen LogP) is 2.28. The quantitative estimate of drug-likeness (QED) is 0.688. The number of hydrogen-bond acceptors (Lipinski definition) is 2. The standard InChI is InChI=1S/C10H10N2/c1-11-10-7-12-6-8-4-2-3-5-9(8)10/h2-7,11H,1H3. The zero-order valence-corrected chi connectivity index (χ0v) is 6.91. The van der Waals surface area contributed by atoms with Crippen LogP contribution in [0.5, 0.6) is 0 Å². The van der Waals surface area contributed by atoms with Crippen molar-refractivity contribution in [1.82, 2.24) is 4.98 Å². The summed E-state index contributed by atoms with van der Waals surface area (Å²) in [4.78, 5) is 4.12. The smallest absolute Gasteiger partial charge is 0.0603 e. The summed E-state index contributed by atoms with van der Waals surface area (Å²) in [5.41, 5.74) is 1.08. The molecule has 0 atom stereocenters. The van der Waals surface area contributed by atoms with Crippen LogP contribution >= 0.6 is 0 Å². The van der Waals surface area contributed by atoms with Gasteiger partial charge >= 0.3 is 0 Å². The Morgan fingerprint density at radius 2 is 2.00 bits per heavy atom. The van der Waals surface area contributed by atoms with E-state index in [1.165, 1.54) is 10.8 Å². The Balaban J connectivity index is 2.79. The first-order valence-electron chi connectivity index (χ1n) is 3.92. The lowest BCUT2D eigenvalue weighted by molar-refractivity contribution is 1.34. The van der Waals surface area contributed by atoms with E-state index in [1.807, 2.05) is 31.6 Å². The fourth-order valence-electron chi connectivity index (χ4n) is 1.32. The Bertz CT molecular complexity index is 390. The van der Waals surface area contributed by atoms with Crippen LogP contribution in [0.25, 0.3) is 10.8 Å². The maximum atomic E-state index is 4.12. The van der Waals surface area contributed by atoms with E-state index in [-0.39, 0.29) is 0 Å². The van der Waals surface area contributed by atoms with Crippen LogP contribution in [0.1, 0.15) is 0 Å². The Morgan fingerprint density at radius 1 is 1.17 bits per heavy atom. The van der Waals surface area contributed by atoms with Gasteiger partial charge < -0.3 is 5.32 Å². The van der Waals surface area contributed by atoms with Crippen LogP contribution < -0.4 is 5.32 Å². The van der Waals surface area contributed by atoms with Crippen molar-refractivity contribution in [1.29, 1.82) is 0 Å². The molecule has 2 nitrogen and oxygen atoms in total. The lowest BCUT2D eigenvalue weighted by atomic mass is 10.1. The van der Waals surface area contributed by atoms with E-state index in [0.717, 1.165) is 5.69 Å². The number of benzene rings is 1. The first kappa shape index (κ1) is 7.10. The van der Waals surface area contributed by atoms with E-state index in [0.29, 0.717) is 0 Å². The zero-order chi connectivity index (χ0) is 8.39. The highest BCUT2D eigenvalue weighted by atomic mass is 14.8. The van der Waals surface area contributed by atoms with Crippen LogP contribution in [0.15, 0.2) is 36.7 Å². The summed E-state index contributed by atoms with van der Waals surface area (Å²) in [6.45, 7) is 0. The molecule has 2 aromatic rings. The number of pyridine rings is 1. The summed E-state index contributed by atoms with van der Waals surface area (Å²) in [5.74, 6) is 0. The Hall–Kier alpha value is -1.57. The molecular formula is C10H10N2. The normalized spacial score (nSPS) is 10.1. The van der Waals surface area contributed by atoms with Crippen molar-refractivity contribution in [2.24, 2.45) is 0 Å². The third kappa shape index (κ3) is 1.01. The van der Waals surface area contributed by atoms with Gasteiger partial charge in [-0.2, -0.15) is 0 Å². The van der Waals surface area contributed by atoms with Crippen LogP contribution in [0.2, 0.25) is 0 Å². The second-order valence-electron chi connectivity index (χ2n) is 2.66. The van der Waals surface area contributed by atoms with Gasteiger partial charge in [0, 0.05) is 24.0 Å². The first-order valence-corrected chi connectivity index (χ1v) is 3.92. The first-order chi connectivity index (χ1) is 5.92. The number of nitrogens with zero attached hydrogens (tertiary/aromatic N) is 1. The predicted molar refractivity (Wildman–Crippen MR) is 51.3 cm³/mol. The molecular weight excluding hydrogens is 148 g/mol. The lowest BCUT2D eigenvalue weighted by Gasteiger charge is -2.03. The minimum atomic E-state index is 1.08. The van der Waals surface area contributed by atoms with Gasteiger partial charge in [0.2, 0.25) is 0 Å². The largest absolute Gasteiger partial charge is 0.386 e. The van der Waals surface area contributed by atoms with E-state index < -0.39 is 0 Å². The molecule has 0 amide bonds. The molecule has 1 heterocycles. The molecule has 60 valence electrons. The molecule has 2 heteroatoms. The minimum Gasteiger partial charge on any atom is -0.386 e. The fourth-order valence-corrected chi connectivity index (χ4v) is 1.32. The molecule has 1 N–H and O–H groups in total. The van der Waals surface area contributed by atoms with Gasteiger partial charge in [-0.3, -0.25) is 4.98 Å². The molecule has 0 unspecified atom stereocenters. The molecule has 0 radical (unpaired) electrons. The van der Waals surface area contributed by atoms with E-state index in [4.69, 9.17) is 0 Å². The summed E-state index contributed by atoms with van der Waals surface area (Å²) in [6.07, 6.45) is 3.71. The number of fused-ring (bicyclic) bond motifs is 1. The van der Waals surface area contributed by atoms with Crippen LogP contribution in [0.4, 0.5) is 5.69 Å². The molecule has 1 aromatic heterocycles. The summed E-state index contributed by atoms with van der Waals surface area (Å²) >= 11 is 0. The van der Waals surface area contributed by atoms with Gasteiger partial charge in [-0.1, -0.05) is 24.3 Å². The lowest BCUT2D eigenvalue weighted by Crippen LogP contribution is -1.89. The van der Waals surface area contributed by atoms with Crippen molar-refractivity contribution in [3.63, 3.8) is 0 Å². The van der Waals surface area contributed by atoms with Crippen LogP contribution in [-0.4, -0.2) is 12.0 Å². The monoisotopic (exact) mass is 158 g/mol. The van der Waals surface area contributed by atoms with Crippen molar-refractivity contribution in [3.05, 3.63) is 36.7 Å². The number of aromatic nitrogens is 1. The number of rotatable bonds is 1. The van der Waals surface area contributed by atoms with Crippen LogP contribution in [0, 0.1) is 0 Å². The van der Waals surface area contributed by atoms with E-state index in [9.17, 15) is 0 Å². The minimum absolute atomic E-state index is 1.08. The molecule has 0 spiro atoms. The second kappa shape index (κ2) is 2.81. The third-order valence-corrected chi connectivity index (χ3v) is 1.94. The van der Waals surface area contributed by atoms with Gasteiger partial charge in [0.1, 0.15) is 0 Å². The van der Waals surface area contributed by atoms with Crippen molar-refractivity contribution < 1.29 is 0 Å². The zero-order valence-electron chi connectivity index (χ0n) is 6.91. The fraction of sp³-hybridized carbons (Fsp3) is 0.100. The Kier molecular flexibility index (Phi) is 1.67. The van der Waals surface area contributed by atoms with Gasteiger partial charge in [-0.25, -0.2) is 0 Å². The summed E-state index contributed by atoms with van der Waals surface area (Å²) in [6, 6.07) is 8.19. The number of anilines is 1. The van der Waals surface area contributed by atoms with E-state index >= 15 is 0 Å². The number of nitrogens with one attached hydrogen (secondary N) is 1. The highest BCUT2D eigenvalue weighted by Gasteiger charge is 1.96. The maximum absolute atomic E-state index is 4.12. The van der Waals surface area contributed by atoms with Gasteiger partial charge in [-0.15, -0.1) is 0 Å². The average molecular weight is 158 g/mol. The molecule has 0 aliphatic carbocycles. The Morgan fingerprint density at radius 3 is 2.83 bits per heavy atom. The van der Waals surface area contributed by atoms with Gasteiger partial charge in [0.15, 0.2) is 0 Å². The topological polar surface area (TPSA) is 24.9 Å². The van der Waals surface area contributed by atoms with Gasteiger partial charge in [-0.05, 0) is 0 Å². The molecule has 0 bridgehead atoms. The summed E-state index contributed by atoms with van der Waals surface area (Å²) in [5, 5.41) is 5.50. The van der Waals surface area contributed by atoms with E-state index in [1.54, 1.807) is 0 Å². The molecule has 0 saturated carbocycles. The molecule has 0 aliphatic heterocycles. The highest BCUT2D eigenvalue weighted by Crippen LogP contribution is 2.20. The summed E-state index contributed by atoms with van der Waals surface area (Å²) in [7, 11) is 1.91. The number of hydrogen-bond donors (Lipinski definition) is 1.